The van der Waals surface area contributed by atoms with Crippen LogP contribution in [0.15, 0.2) is 42.5 Å². The van der Waals surface area contributed by atoms with Crippen LogP contribution in [0.2, 0.25) is 5.02 Å². The van der Waals surface area contributed by atoms with Gasteiger partial charge in [0.1, 0.15) is 5.75 Å². The van der Waals surface area contributed by atoms with Crippen LogP contribution in [0.1, 0.15) is 23.2 Å². The number of rotatable bonds is 6. The molecule has 140 valence electrons. The van der Waals surface area contributed by atoms with Crippen molar-refractivity contribution in [2.45, 2.75) is 12.8 Å². The van der Waals surface area contributed by atoms with E-state index in [-0.39, 0.29) is 22.1 Å². The quantitative estimate of drug-likeness (QED) is 0.427. The Labute approximate surface area is 165 Å². The molecule has 1 fully saturated rings. The Bertz CT molecular complexity index is 885. The van der Waals surface area contributed by atoms with Gasteiger partial charge in [-0.2, -0.15) is 0 Å². The van der Waals surface area contributed by atoms with Gasteiger partial charge in [0.25, 0.3) is 5.91 Å². The predicted octanol–water partition coefficient (Wildman–Crippen LogP) is 4.05. The van der Waals surface area contributed by atoms with E-state index in [0.717, 1.165) is 18.9 Å². The van der Waals surface area contributed by atoms with Crippen LogP contribution in [0.25, 0.3) is 0 Å². The summed E-state index contributed by atoms with van der Waals surface area (Å²) in [5.74, 6) is 0.494. The zero-order chi connectivity index (χ0) is 19.4. The van der Waals surface area contributed by atoms with Gasteiger partial charge in [-0.3, -0.25) is 20.2 Å². The van der Waals surface area contributed by atoms with Crippen molar-refractivity contribution in [1.82, 2.24) is 10.6 Å². The van der Waals surface area contributed by atoms with Crippen molar-refractivity contribution in [2.24, 2.45) is 5.92 Å². The van der Waals surface area contributed by atoms with Crippen LogP contribution in [0.5, 0.6) is 11.5 Å². The summed E-state index contributed by atoms with van der Waals surface area (Å²) in [5, 5.41) is 17.6. The van der Waals surface area contributed by atoms with Gasteiger partial charge in [-0.05, 0) is 67.4 Å². The molecule has 7 nitrogen and oxygen atoms in total. The predicted molar refractivity (Wildman–Crippen MR) is 105 cm³/mol. The number of ether oxygens (including phenoxy) is 1. The Balaban J connectivity index is 1.71. The fourth-order valence-electron chi connectivity index (χ4n) is 2.30. The average Bonchev–Trinajstić information content (AvgIpc) is 3.46. The number of nitro groups is 1. The molecule has 1 aliphatic carbocycles. The van der Waals surface area contributed by atoms with Gasteiger partial charge in [-0.15, -0.1) is 0 Å². The molecule has 0 aromatic heterocycles. The summed E-state index contributed by atoms with van der Waals surface area (Å²) in [4.78, 5) is 23.1. The number of carbonyl (C=O) groups is 1. The van der Waals surface area contributed by atoms with Gasteiger partial charge in [0.2, 0.25) is 5.75 Å². The standard InChI is InChI=1S/C18H16ClN3O4S/c19-13-4-6-14(7-5-13)26-16-8-3-12(9-15(16)22(24)25)17(23)21-18(27)20-10-11-1-2-11/h3-9,11H,1-2,10H2,(H2,20,21,23,27). The van der Waals surface area contributed by atoms with Gasteiger partial charge in [-0.1, -0.05) is 11.6 Å². The highest BCUT2D eigenvalue weighted by atomic mass is 35.5. The van der Waals surface area contributed by atoms with Gasteiger partial charge in [0, 0.05) is 23.2 Å². The molecule has 2 N–H and O–H groups in total. The summed E-state index contributed by atoms with van der Waals surface area (Å²) < 4.78 is 5.54. The lowest BCUT2D eigenvalue weighted by molar-refractivity contribution is -0.385. The number of hydrogen-bond donors (Lipinski definition) is 2. The Morgan fingerprint density at radius 3 is 2.59 bits per heavy atom. The zero-order valence-electron chi connectivity index (χ0n) is 14.1. The Morgan fingerprint density at radius 1 is 1.26 bits per heavy atom. The minimum Gasteiger partial charge on any atom is -0.450 e. The van der Waals surface area contributed by atoms with Gasteiger partial charge >= 0.3 is 5.69 Å². The van der Waals surface area contributed by atoms with E-state index >= 15 is 0 Å². The molecule has 0 unspecified atom stereocenters. The monoisotopic (exact) mass is 405 g/mol. The molecule has 1 amide bonds. The fraction of sp³-hybridized carbons (Fsp3) is 0.222. The maximum Gasteiger partial charge on any atom is 0.312 e. The molecule has 0 aliphatic heterocycles. The smallest absolute Gasteiger partial charge is 0.312 e. The average molecular weight is 406 g/mol. The first kappa shape index (κ1) is 19.1. The molecule has 0 atom stereocenters. The molecule has 0 spiro atoms. The minimum atomic E-state index is -0.605. The first-order valence-electron chi connectivity index (χ1n) is 8.23. The van der Waals surface area contributed by atoms with Crippen LogP contribution in [0.3, 0.4) is 0 Å². The van der Waals surface area contributed by atoms with E-state index < -0.39 is 10.8 Å². The largest absolute Gasteiger partial charge is 0.450 e. The molecule has 0 saturated heterocycles. The molecular formula is C18H16ClN3O4S. The normalized spacial score (nSPS) is 12.9. The third-order valence-corrected chi connectivity index (χ3v) is 4.43. The molecule has 3 rings (SSSR count). The van der Waals surface area contributed by atoms with Crippen molar-refractivity contribution in [3.8, 4) is 11.5 Å². The molecule has 27 heavy (non-hydrogen) atoms. The second kappa shape index (κ2) is 8.32. The van der Waals surface area contributed by atoms with Crippen LogP contribution in [0.4, 0.5) is 5.69 Å². The van der Waals surface area contributed by atoms with Crippen LogP contribution in [-0.2, 0) is 0 Å². The maximum atomic E-state index is 12.3. The number of halogens is 1. The van der Waals surface area contributed by atoms with Gasteiger partial charge < -0.3 is 10.1 Å². The van der Waals surface area contributed by atoms with Crippen molar-refractivity contribution in [2.75, 3.05) is 6.54 Å². The second-order valence-electron chi connectivity index (χ2n) is 6.10. The summed E-state index contributed by atoms with van der Waals surface area (Å²) in [7, 11) is 0. The summed E-state index contributed by atoms with van der Waals surface area (Å²) >= 11 is 10.9. The Kier molecular flexibility index (Phi) is 5.88. The summed E-state index contributed by atoms with van der Waals surface area (Å²) in [6.07, 6.45) is 2.32. The number of carbonyl (C=O) groups excluding carboxylic acids is 1. The summed E-state index contributed by atoms with van der Waals surface area (Å²) in [6, 6.07) is 10.4. The SMILES string of the molecule is O=C(NC(=S)NCC1CC1)c1ccc(Oc2ccc(Cl)cc2)c([N+](=O)[O-])c1. The topological polar surface area (TPSA) is 93.5 Å². The van der Waals surface area contributed by atoms with Gasteiger partial charge in [-0.25, -0.2) is 0 Å². The fourth-order valence-corrected chi connectivity index (χ4v) is 2.60. The second-order valence-corrected chi connectivity index (χ2v) is 6.95. The minimum absolute atomic E-state index is 0.0216. The number of benzene rings is 2. The number of nitrogens with one attached hydrogen (secondary N) is 2. The molecule has 2 aromatic rings. The molecule has 0 radical (unpaired) electrons. The van der Waals surface area contributed by atoms with Crippen LogP contribution in [0, 0.1) is 16.0 Å². The molecule has 0 heterocycles. The lowest BCUT2D eigenvalue weighted by Gasteiger charge is -2.10. The highest BCUT2D eigenvalue weighted by molar-refractivity contribution is 7.80. The van der Waals surface area contributed by atoms with Crippen molar-refractivity contribution in [3.63, 3.8) is 0 Å². The van der Waals surface area contributed by atoms with Crippen molar-refractivity contribution < 1.29 is 14.5 Å². The van der Waals surface area contributed by atoms with Crippen molar-refractivity contribution >= 4 is 40.5 Å². The first-order chi connectivity index (χ1) is 12.9. The van der Waals surface area contributed by atoms with Crippen molar-refractivity contribution in [1.29, 1.82) is 0 Å². The van der Waals surface area contributed by atoms with E-state index in [4.69, 9.17) is 28.6 Å². The number of hydrogen-bond acceptors (Lipinski definition) is 5. The lowest BCUT2D eigenvalue weighted by Crippen LogP contribution is -2.40. The van der Waals surface area contributed by atoms with E-state index in [0.29, 0.717) is 23.2 Å². The third-order valence-electron chi connectivity index (χ3n) is 3.93. The van der Waals surface area contributed by atoms with E-state index in [1.54, 1.807) is 24.3 Å². The molecule has 0 bridgehead atoms. The molecule has 9 heteroatoms. The van der Waals surface area contributed by atoms with E-state index in [1.807, 2.05) is 0 Å². The molecule has 2 aromatic carbocycles. The number of thiocarbonyl (C=S) groups is 1. The third kappa shape index (κ3) is 5.38. The zero-order valence-corrected chi connectivity index (χ0v) is 15.7. The van der Waals surface area contributed by atoms with Crippen LogP contribution in [-0.4, -0.2) is 22.5 Å². The number of amides is 1. The van der Waals surface area contributed by atoms with E-state index in [2.05, 4.69) is 10.6 Å². The highest BCUT2D eigenvalue weighted by Crippen LogP contribution is 2.32. The summed E-state index contributed by atoms with van der Waals surface area (Å²) in [5.41, 5.74) is -0.213. The molecule has 1 aliphatic rings. The lowest BCUT2D eigenvalue weighted by atomic mass is 10.1. The first-order valence-corrected chi connectivity index (χ1v) is 9.02. The molecular weight excluding hydrogens is 390 g/mol. The maximum absolute atomic E-state index is 12.3. The molecule has 1 saturated carbocycles. The number of nitro benzene ring substituents is 1. The van der Waals surface area contributed by atoms with Crippen LogP contribution >= 0.6 is 23.8 Å². The van der Waals surface area contributed by atoms with Crippen LogP contribution < -0.4 is 15.4 Å². The van der Waals surface area contributed by atoms with Gasteiger partial charge in [0.15, 0.2) is 5.11 Å². The van der Waals surface area contributed by atoms with Crippen molar-refractivity contribution in [3.05, 3.63) is 63.2 Å². The number of nitrogens with zero attached hydrogens (tertiary/aromatic N) is 1. The Hall–Kier alpha value is -2.71. The van der Waals surface area contributed by atoms with E-state index in [1.165, 1.54) is 12.1 Å². The van der Waals surface area contributed by atoms with Gasteiger partial charge in [0.05, 0.1) is 4.92 Å². The Morgan fingerprint density at radius 2 is 1.96 bits per heavy atom. The highest BCUT2D eigenvalue weighted by Gasteiger charge is 2.22. The van der Waals surface area contributed by atoms with E-state index in [9.17, 15) is 14.9 Å². The summed E-state index contributed by atoms with van der Waals surface area (Å²) in [6.45, 7) is 0.715.